The fourth-order valence-corrected chi connectivity index (χ4v) is 3.34. The number of fused-ring (bicyclic) bond motifs is 1. The third-order valence-corrected chi connectivity index (χ3v) is 4.53. The predicted molar refractivity (Wildman–Crippen MR) is 90.0 cm³/mol. The smallest absolute Gasteiger partial charge is 0.215 e. The molecule has 0 aliphatic carbocycles. The molecule has 22 heavy (non-hydrogen) atoms. The van der Waals surface area contributed by atoms with Crippen molar-refractivity contribution in [2.45, 2.75) is 5.16 Å². The Kier molecular flexibility index (Phi) is 3.40. The Labute approximate surface area is 132 Å². The van der Waals surface area contributed by atoms with Gasteiger partial charge in [-0.25, -0.2) is 4.68 Å². The monoisotopic (exact) mass is 306 g/mol. The van der Waals surface area contributed by atoms with Crippen LogP contribution in [0.4, 0.5) is 0 Å². The molecule has 0 radical (unpaired) electrons. The highest BCUT2D eigenvalue weighted by Crippen LogP contribution is 2.35. The fraction of sp³-hybridized carbons (Fsp3) is 0.0588. The van der Waals surface area contributed by atoms with E-state index < -0.39 is 0 Å². The molecule has 1 aliphatic rings. The molecule has 3 aromatic rings. The summed E-state index contributed by atoms with van der Waals surface area (Å²) in [5, 5.41) is 9.53. The Hall–Kier alpha value is -2.53. The van der Waals surface area contributed by atoms with Gasteiger partial charge >= 0.3 is 0 Å². The normalized spacial score (nSPS) is 13.7. The maximum atomic E-state index is 4.34. The Morgan fingerprint density at radius 2 is 1.55 bits per heavy atom. The van der Waals surface area contributed by atoms with E-state index in [1.54, 1.807) is 11.8 Å². The van der Waals surface area contributed by atoms with Crippen LogP contribution in [-0.4, -0.2) is 21.4 Å². The Bertz CT molecular complexity index is 809. The van der Waals surface area contributed by atoms with Crippen molar-refractivity contribution >= 4 is 16.7 Å². The molecule has 0 saturated carbocycles. The summed E-state index contributed by atoms with van der Waals surface area (Å²) < 4.78 is 1.96. The first-order chi connectivity index (χ1) is 10.9. The van der Waals surface area contributed by atoms with Crippen LogP contribution in [0.1, 0.15) is 5.56 Å². The van der Waals surface area contributed by atoms with E-state index in [0.717, 1.165) is 23.1 Å². The SMILES string of the molecule is C1=C(c2ccccc2)Sc2nnc(-c3ccccc3)n2NC1. The fourth-order valence-electron chi connectivity index (χ4n) is 2.40. The molecule has 0 amide bonds. The lowest BCUT2D eigenvalue weighted by molar-refractivity contribution is 0.791. The van der Waals surface area contributed by atoms with Gasteiger partial charge in [0.2, 0.25) is 5.16 Å². The number of rotatable bonds is 2. The average Bonchev–Trinajstić information content (AvgIpc) is 2.86. The molecule has 2 aromatic carbocycles. The van der Waals surface area contributed by atoms with Gasteiger partial charge in [-0.05, 0) is 23.4 Å². The number of benzene rings is 2. The molecule has 1 aromatic heterocycles. The second-order valence-corrected chi connectivity index (χ2v) is 5.92. The van der Waals surface area contributed by atoms with Gasteiger partial charge < -0.3 is 5.43 Å². The van der Waals surface area contributed by atoms with E-state index in [2.05, 4.69) is 46.0 Å². The van der Waals surface area contributed by atoms with Crippen molar-refractivity contribution in [3.05, 3.63) is 72.3 Å². The second-order valence-electron chi connectivity index (χ2n) is 4.91. The van der Waals surface area contributed by atoms with Crippen molar-refractivity contribution in [1.82, 2.24) is 14.9 Å². The maximum Gasteiger partial charge on any atom is 0.215 e. The lowest BCUT2D eigenvalue weighted by Crippen LogP contribution is -2.15. The quantitative estimate of drug-likeness (QED) is 0.785. The van der Waals surface area contributed by atoms with Gasteiger partial charge in [0.25, 0.3) is 0 Å². The molecule has 0 saturated heterocycles. The Morgan fingerprint density at radius 1 is 0.864 bits per heavy atom. The second kappa shape index (κ2) is 5.69. The van der Waals surface area contributed by atoms with E-state index in [4.69, 9.17) is 0 Å². The first-order valence-electron chi connectivity index (χ1n) is 7.10. The molecule has 0 unspecified atom stereocenters. The minimum absolute atomic E-state index is 0.738. The van der Waals surface area contributed by atoms with E-state index >= 15 is 0 Å². The molecule has 1 N–H and O–H groups in total. The number of aromatic nitrogens is 3. The molecular formula is C17H14N4S. The summed E-state index contributed by atoms with van der Waals surface area (Å²) in [5.41, 5.74) is 5.62. The van der Waals surface area contributed by atoms with Crippen molar-refractivity contribution in [3.8, 4) is 11.4 Å². The van der Waals surface area contributed by atoms with Crippen molar-refractivity contribution in [2.24, 2.45) is 0 Å². The molecule has 0 spiro atoms. The molecule has 108 valence electrons. The molecule has 4 nitrogen and oxygen atoms in total. The lowest BCUT2D eigenvalue weighted by atomic mass is 10.2. The van der Waals surface area contributed by atoms with Crippen LogP contribution < -0.4 is 5.43 Å². The standard InChI is InChI=1S/C17H14N4S/c1-3-7-13(8-4-1)15-11-12-18-21-16(19-20-17(21)22-15)14-9-5-2-6-10-14/h1-11,18H,12H2. The first-order valence-corrected chi connectivity index (χ1v) is 7.91. The largest absolute Gasteiger partial charge is 0.318 e. The van der Waals surface area contributed by atoms with Gasteiger partial charge in [0, 0.05) is 10.5 Å². The third-order valence-electron chi connectivity index (χ3n) is 3.46. The van der Waals surface area contributed by atoms with Gasteiger partial charge in [0.05, 0.1) is 6.54 Å². The highest BCUT2D eigenvalue weighted by Gasteiger charge is 2.18. The number of hydrogen-bond donors (Lipinski definition) is 1. The third kappa shape index (κ3) is 2.40. The molecule has 1 aliphatic heterocycles. The van der Waals surface area contributed by atoms with Gasteiger partial charge in [0.1, 0.15) is 0 Å². The summed E-state index contributed by atoms with van der Waals surface area (Å²) >= 11 is 1.63. The number of thioether (sulfide) groups is 1. The number of hydrogen-bond acceptors (Lipinski definition) is 4. The molecule has 5 heteroatoms. The van der Waals surface area contributed by atoms with Crippen molar-refractivity contribution in [3.63, 3.8) is 0 Å². The summed E-state index contributed by atoms with van der Waals surface area (Å²) in [4.78, 5) is 1.19. The van der Waals surface area contributed by atoms with Crippen molar-refractivity contribution in [2.75, 3.05) is 12.0 Å². The maximum absolute atomic E-state index is 4.34. The van der Waals surface area contributed by atoms with Crippen molar-refractivity contribution < 1.29 is 0 Å². The topological polar surface area (TPSA) is 42.7 Å². The lowest BCUT2D eigenvalue weighted by Gasteiger charge is -2.08. The van der Waals surface area contributed by atoms with Crippen LogP contribution in [-0.2, 0) is 0 Å². The highest BCUT2D eigenvalue weighted by atomic mass is 32.2. The zero-order chi connectivity index (χ0) is 14.8. The van der Waals surface area contributed by atoms with Crippen LogP contribution in [0.3, 0.4) is 0 Å². The van der Waals surface area contributed by atoms with E-state index in [0.29, 0.717) is 0 Å². The minimum Gasteiger partial charge on any atom is -0.318 e. The highest BCUT2D eigenvalue weighted by molar-refractivity contribution is 8.08. The van der Waals surface area contributed by atoms with Crippen LogP contribution in [0, 0.1) is 0 Å². The van der Waals surface area contributed by atoms with Gasteiger partial charge in [-0.1, -0.05) is 60.7 Å². The number of nitrogens with one attached hydrogen (secondary N) is 1. The van der Waals surface area contributed by atoms with E-state index in [1.807, 2.05) is 41.1 Å². The molecule has 0 atom stereocenters. The Balaban J connectivity index is 1.70. The van der Waals surface area contributed by atoms with Crippen LogP contribution in [0.2, 0.25) is 0 Å². The first kappa shape index (κ1) is 13.2. The predicted octanol–water partition coefficient (Wildman–Crippen LogP) is 3.64. The van der Waals surface area contributed by atoms with Crippen LogP contribution >= 0.6 is 11.8 Å². The summed E-state index contributed by atoms with van der Waals surface area (Å²) in [6.07, 6.45) is 2.18. The molecule has 0 bridgehead atoms. The van der Waals surface area contributed by atoms with Gasteiger partial charge in [-0.3, -0.25) is 0 Å². The van der Waals surface area contributed by atoms with Gasteiger partial charge in [-0.15, -0.1) is 10.2 Å². The summed E-state index contributed by atoms with van der Waals surface area (Å²) in [6.45, 7) is 0.738. The van der Waals surface area contributed by atoms with Gasteiger partial charge in [-0.2, -0.15) is 0 Å². The summed E-state index contributed by atoms with van der Waals surface area (Å²) in [6, 6.07) is 20.5. The summed E-state index contributed by atoms with van der Waals surface area (Å²) in [7, 11) is 0. The zero-order valence-electron chi connectivity index (χ0n) is 11.8. The van der Waals surface area contributed by atoms with E-state index in [-0.39, 0.29) is 0 Å². The zero-order valence-corrected chi connectivity index (χ0v) is 12.6. The van der Waals surface area contributed by atoms with Crippen molar-refractivity contribution in [1.29, 1.82) is 0 Å². The van der Waals surface area contributed by atoms with E-state index in [9.17, 15) is 0 Å². The van der Waals surface area contributed by atoms with Crippen LogP contribution in [0.15, 0.2) is 71.9 Å². The average molecular weight is 306 g/mol. The van der Waals surface area contributed by atoms with Crippen LogP contribution in [0.25, 0.3) is 16.3 Å². The number of nitrogens with zero attached hydrogens (tertiary/aromatic N) is 3. The molecular weight excluding hydrogens is 292 g/mol. The molecule has 2 heterocycles. The van der Waals surface area contributed by atoms with Gasteiger partial charge in [0.15, 0.2) is 5.82 Å². The van der Waals surface area contributed by atoms with E-state index in [1.165, 1.54) is 10.5 Å². The minimum atomic E-state index is 0.738. The van der Waals surface area contributed by atoms with Crippen LogP contribution in [0.5, 0.6) is 0 Å². The molecule has 0 fully saturated rings. The molecule has 4 rings (SSSR count). The Morgan fingerprint density at radius 3 is 2.27 bits per heavy atom. The summed E-state index contributed by atoms with van der Waals surface area (Å²) in [5.74, 6) is 0.839.